The highest BCUT2D eigenvalue weighted by molar-refractivity contribution is 5.85. The number of hydrogen-bond donors (Lipinski definition) is 1. The Bertz CT molecular complexity index is 213. The number of methoxy groups -OCH3 is 1. The van der Waals surface area contributed by atoms with E-state index in [1.54, 1.807) is 0 Å². The van der Waals surface area contributed by atoms with Crippen LogP contribution in [0, 0.1) is 5.41 Å². The van der Waals surface area contributed by atoms with Gasteiger partial charge in [-0.1, -0.05) is 0 Å². The highest BCUT2D eigenvalue weighted by Crippen LogP contribution is 2.43. The van der Waals surface area contributed by atoms with Crippen molar-refractivity contribution in [2.75, 3.05) is 20.2 Å². The second-order valence-electron chi connectivity index (χ2n) is 3.00. The molecular formula is C7H11ClF3NO2. The molecule has 1 fully saturated rings. The maximum Gasteiger partial charge on any atom is 0.406 e. The highest BCUT2D eigenvalue weighted by atomic mass is 35.5. The molecule has 1 atom stereocenters. The molecule has 3 nitrogen and oxygen atoms in total. The van der Waals surface area contributed by atoms with Gasteiger partial charge in [-0.15, -0.1) is 12.4 Å². The van der Waals surface area contributed by atoms with Crippen LogP contribution in [-0.4, -0.2) is 32.3 Å². The summed E-state index contributed by atoms with van der Waals surface area (Å²) in [5, 5.41) is 2.51. The maximum atomic E-state index is 12.5. The lowest BCUT2D eigenvalue weighted by Crippen LogP contribution is -2.47. The average molecular weight is 234 g/mol. The summed E-state index contributed by atoms with van der Waals surface area (Å²) in [6.07, 6.45) is -4.78. The Kier molecular flexibility index (Phi) is 4.20. The van der Waals surface area contributed by atoms with Gasteiger partial charge >= 0.3 is 12.1 Å². The van der Waals surface area contributed by atoms with Crippen molar-refractivity contribution in [2.24, 2.45) is 5.41 Å². The monoisotopic (exact) mass is 233 g/mol. The van der Waals surface area contributed by atoms with Crippen molar-refractivity contribution >= 4 is 18.4 Å². The molecular weight excluding hydrogens is 223 g/mol. The summed E-state index contributed by atoms with van der Waals surface area (Å²) >= 11 is 0. The normalized spacial score (nSPS) is 26.9. The van der Waals surface area contributed by atoms with Crippen LogP contribution in [0.25, 0.3) is 0 Å². The molecule has 7 heteroatoms. The van der Waals surface area contributed by atoms with Gasteiger partial charge in [0.15, 0.2) is 5.41 Å². The molecule has 0 amide bonds. The topological polar surface area (TPSA) is 38.3 Å². The van der Waals surface area contributed by atoms with Crippen molar-refractivity contribution in [3.8, 4) is 0 Å². The number of ether oxygens (including phenoxy) is 1. The largest absolute Gasteiger partial charge is 0.468 e. The van der Waals surface area contributed by atoms with Crippen LogP contribution in [0.1, 0.15) is 6.42 Å². The van der Waals surface area contributed by atoms with E-state index < -0.39 is 17.6 Å². The quantitative estimate of drug-likeness (QED) is 0.690. The molecule has 1 aliphatic heterocycles. The van der Waals surface area contributed by atoms with Gasteiger partial charge in [0, 0.05) is 6.54 Å². The maximum absolute atomic E-state index is 12.5. The Morgan fingerprint density at radius 1 is 1.50 bits per heavy atom. The minimum absolute atomic E-state index is 0. The SMILES string of the molecule is COC(=O)C1(C(F)(F)F)CCNC1.Cl. The van der Waals surface area contributed by atoms with Crippen molar-refractivity contribution in [2.45, 2.75) is 12.6 Å². The summed E-state index contributed by atoms with van der Waals surface area (Å²) < 4.78 is 41.7. The molecule has 1 N–H and O–H groups in total. The second kappa shape index (κ2) is 4.35. The minimum atomic E-state index is -4.54. The lowest BCUT2D eigenvalue weighted by Gasteiger charge is -2.27. The predicted molar refractivity (Wildman–Crippen MR) is 45.2 cm³/mol. The zero-order chi connectivity index (χ0) is 10.1. The van der Waals surface area contributed by atoms with Crippen molar-refractivity contribution in [1.29, 1.82) is 0 Å². The Hall–Kier alpha value is -0.490. The third kappa shape index (κ3) is 1.95. The van der Waals surface area contributed by atoms with Gasteiger partial charge in [-0.2, -0.15) is 13.2 Å². The van der Waals surface area contributed by atoms with Crippen LogP contribution in [-0.2, 0) is 9.53 Å². The van der Waals surface area contributed by atoms with Crippen LogP contribution < -0.4 is 5.32 Å². The van der Waals surface area contributed by atoms with Gasteiger partial charge in [0.25, 0.3) is 0 Å². The fourth-order valence-electron chi connectivity index (χ4n) is 1.42. The molecule has 0 radical (unpaired) electrons. The summed E-state index contributed by atoms with van der Waals surface area (Å²) in [6, 6.07) is 0. The summed E-state index contributed by atoms with van der Waals surface area (Å²) in [4.78, 5) is 11.0. The van der Waals surface area contributed by atoms with Crippen LogP contribution in [0.2, 0.25) is 0 Å². The third-order valence-corrected chi connectivity index (χ3v) is 2.27. The number of alkyl halides is 3. The van der Waals surface area contributed by atoms with Gasteiger partial charge in [0.1, 0.15) is 0 Å². The molecule has 84 valence electrons. The fourth-order valence-corrected chi connectivity index (χ4v) is 1.42. The number of esters is 1. The standard InChI is InChI=1S/C7H10F3NO2.ClH/c1-13-5(12)6(7(8,9)10)2-3-11-4-6;/h11H,2-4H2,1H3;1H. The van der Waals surface area contributed by atoms with Crippen molar-refractivity contribution in [1.82, 2.24) is 5.32 Å². The zero-order valence-electron chi connectivity index (χ0n) is 7.48. The van der Waals surface area contributed by atoms with Crippen LogP contribution >= 0.6 is 12.4 Å². The molecule has 0 bridgehead atoms. The van der Waals surface area contributed by atoms with Crippen LogP contribution in [0.4, 0.5) is 13.2 Å². The molecule has 14 heavy (non-hydrogen) atoms. The summed E-state index contributed by atoms with van der Waals surface area (Å²) in [6.45, 7) is -0.197. The molecule has 1 rings (SSSR count). The van der Waals surface area contributed by atoms with E-state index in [2.05, 4.69) is 10.1 Å². The predicted octanol–water partition coefficient (Wildman–Crippen LogP) is 1.12. The number of hydrogen-bond acceptors (Lipinski definition) is 3. The smallest absolute Gasteiger partial charge is 0.406 e. The van der Waals surface area contributed by atoms with E-state index in [9.17, 15) is 18.0 Å². The van der Waals surface area contributed by atoms with E-state index in [4.69, 9.17) is 0 Å². The van der Waals surface area contributed by atoms with E-state index >= 15 is 0 Å². The first-order chi connectivity index (χ1) is 5.94. The molecule has 0 aliphatic carbocycles. The Balaban J connectivity index is 0.00000169. The van der Waals surface area contributed by atoms with Gasteiger partial charge in [-0.25, -0.2) is 0 Å². The number of nitrogens with one attached hydrogen (secondary N) is 1. The van der Waals surface area contributed by atoms with Crippen molar-refractivity contribution < 1.29 is 22.7 Å². The Labute approximate surface area is 85.4 Å². The number of carbonyl (C=O) groups is 1. The van der Waals surface area contributed by atoms with Crippen molar-refractivity contribution in [3.05, 3.63) is 0 Å². The summed E-state index contributed by atoms with van der Waals surface area (Å²) in [5.74, 6) is -1.20. The van der Waals surface area contributed by atoms with Crippen molar-refractivity contribution in [3.63, 3.8) is 0 Å². The number of rotatable bonds is 1. The third-order valence-electron chi connectivity index (χ3n) is 2.27. The van der Waals surface area contributed by atoms with Gasteiger partial charge < -0.3 is 10.1 Å². The first-order valence-corrected chi connectivity index (χ1v) is 3.80. The van der Waals surface area contributed by atoms with Gasteiger partial charge in [-0.3, -0.25) is 4.79 Å². The fraction of sp³-hybridized carbons (Fsp3) is 0.857. The number of carbonyl (C=O) groups excluding carboxylic acids is 1. The average Bonchev–Trinajstić information content (AvgIpc) is 2.50. The first-order valence-electron chi connectivity index (χ1n) is 3.80. The Morgan fingerprint density at radius 3 is 2.36 bits per heavy atom. The molecule has 1 heterocycles. The molecule has 0 aromatic heterocycles. The van der Waals surface area contributed by atoms with Gasteiger partial charge in [-0.05, 0) is 13.0 Å². The van der Waals surface area contributed by atoms with E-state index in [-0.39, 0.29) is 31.9 Å². The molecule has 0 spiro atoms. The van der Waals surface area contributed by atoms with Crippen LogP contribution in [0.5, 0.6) is 0 Å². The van der Waals surface area contributed by atoms with E-state index in [0.29, 0.717) is 0 Å². The molecule has 0 aromatic carbocycles. The van der Waals surface area contributed by atoms with Crippen LogP contribution in [0.15, 0.2) is 0 Å². The molecule has 1 aliphatic rings. The molecule has 0 aromatic rings. The lowest BCUT2D eigenvalue weighted by molar-refractivity contribution is -0.227. The lowest BCUT2D eigenvalue weighted by atomic mass is 9.86. The van der Waals surface area contributed by atoms with Gasteiger partial charge in [0.2, 0.25) is 0 Å². The minimum Gasteiger partial charge on any atom is -0.468 e. The van der Waals surface area contributed by atoms with Gasteiger partial charge in [0.05, 0.1) is 7.11 Å². The van der Waals surface area contributed by atoms with E-state index in [1.165, 1.54) is 0 Å². The molecule has 1 unspecified atom stereocenters. The summed E-state index contributed by atoms with van der Waals surface area (Å²) in [5.41, 5.74) is -2.33. The first kappa shape index (κ1) is 13.5. The Morgan fingerprint density at radius 2 is 2.07 bits per heavy atom. The molecule has 1 saturated heterocycles. The highest BCUT2D eigenvalue weighted by Gasteiger charge is 2.62. The second-order valence-corrected chi connectivity index (χ2v) is 3.00. The molecule has 0 saturated carbocycles. The van der Waals surface area contributed by atoms with E-state index in [0.717, 1.165) is 7.11 Å². The van der Waals surface area contributed by atoms with E-state index in [1.807, 2.05) is 0 Å². The number of halogens is 4. The zero-order valence-corrected chi connectivity index (χ0v) is 8.30. The summed E-state index contributed by atoms with van der Waals surface area (Å²) in [7, 11) is 0.966. The van der Waals surface area contributed by atoms with Crippen LogP contribution in [0.3, 0.4) is 0 Å².